The van der Waals surface area contributed by atoms with E-state index in [1.54, 1.807) is 10.6 Å². The zero-order valence-corrected chi connectivity index (χ0v) is 17.5. The van der Waals surface area contributed by atoms with Gasteiger partial charge in [-0.1, -0.05) is 19.8 Å². The predicted octanol–water partition coefficient (Wildman–Crippen LogP) is 3.09. The van der Waals surface area contributed by atoms with Crippen LogP contribution in [0.15, 0.2) is 23.1 Å². The van der Waals surface area contributed by atoms with Gasteiger partial charge in [-0.2, -0.15) is 0 Å². The van der Waals surface area contributed by atoms with Gasteiger partial charge in [-0.15, -0.1) is 0 Å². The number of unbranched alkanes of at least 4 members (excludes halogenated alkanes) is 2. The minimum atomic E-state index is -1.33. The normalized spacial score (nSPS) is 14.4. The van der Waals surface area contributed by atoms with Gasteiger partial charge in [0.25, 0.3) is 0 Å². The van der Waals surface area contributed by atoms with Crippen molar-refractivity contribution in [2.24, 2.45) is 0 Å². The van der Waals surface area contributed by atoms with E-state index in [1.807, 2.05) is 16.7 Å². The van der Waals surface area contributed by atoms with Crippen LogP contribution >= 0.6 is 0 Å². The lowest BCUT2D eigenvalue weighted by Crippen LogP contribution is -2.49. The van der Waals surface area contributed by atoms with Gasteiger partial charge < -0.3 is 19.5 Å². The molecule has 3 rings (SSSR count). The Morgan fingerprint density at radius 3 is 2.40 bits per heavy atom. The molecule has 0 saturated carbocycles. The predicted molar refractivity (Wildman–Crippen MR) is 114 cm³/mol. The first-order valence-corrected chi connectivity index (χ1v) is 10.5. The Morgan fingerprint density at radius 2 is 1.80 bits per heavy atom. The van der Waals surface area contributed by atoms with Crippen LogP contribution in [0, 0.1) is 5.82 Å². The number of carboxylic acid groups (broad SMARTS) is 1. The van der Waals surface area contributed by atoms with E-state index in [9.17, 15) is 23.9 Å². The average Bonchev–Trinajstić information content (AvgIpc) is 2.74. The molecule has 1 saturated heterocycles. The van der Waals surface area contributed by atoms with Crippen molar-refractivity contribution in [2.75, 3.05) is 31.1 Å². The van der Waals surface area contributed by atoms with Gasteiger partial charge in [0.15, 0.2) is 0 Å². The van der Waals surface area contributed by atoms with Gasteiger partial charge in [-0.3, -0.25) is 9.59 Å². The summed E-state index contributed by atoms with van der Waals surface area (Å²) in [6.07, 6.45) is 4.85. The molecule has 7 nitrogen and oxygen atoms in total. The lowest BCUT2D eigenvalue weighted by atomic mass is 10.1. The Bertz CT molecular complexity index is 1010. The quantitative estimate of drug-likeness (QED) is 0.700. The first-order chi connectivity index (χ1) is 14.4. The van der Waals surface area contributed by atoms with Crippen LogP contribution in [0.5, 0.6) is 0 Å². The first-order valence-electron chi connectivity index (χ1n) is 10.5. The van der Waals surface area contributed by atoms with Crippen molar-refractivity contribution < 1.29 is 19.1 Å². The molecule has 0 unspecified atom stereocenters. The van der Waals surface area contributed by atoms with Crippen molar-refractivity contribution in [1.29, 1.82) is 0 Å². The molecule has 1 aromatic heterocycles. The van der Waals surface area contributed by atoms with Crippen molar-refractivity contribution in [1.82, 2.24) is 9.47 Å². The molecule has 1 aromatic carbocycles. The first kappa shape index (κ1) is 21.8. The number of aromatic carboxylic acids is 1. The highest BCUT2D eigenvalue weighted by Gasteiger charge is 2.24. The van der Waals surface area contributed by atoms with E-state index in [4.69, 9.17) is 0 Å². The van der Waals surface area contributed by atoms with E-state index in [1.165, 1.54) is 6.20 Å². The molecule has 1 N–H and O–H groups in total. The monoisotopic (exact) mass is 417 g/mol. The molecule has 0 spiro atoms. The van der Waals surface area contributed by atoms with E-state index >= 15 is 0 Å². The van der Waals surface area contributed by atoms with Crippen LogP contribution in [0.3, 0.4) is 0 Å². The maximum atomic E-state index is 14.9. The standard InChI is InChI=1S/C22H28FN3O4/c1-3-5-6-7-20(27)26-10-8-25(9-11-26)19-13-18-15(12-17(19)23)21(28)16(22(29)30)14-24(18)4-2/h12-14H,3-11H2,1-2H3,(H,29,30). The summed E-state index contributed by atoms with van der Waals surface area (Å²) in [6, 6.07) is 2.74. The third-order valence-corrected chi connectivity index (χ3v) is 5.69. The topological polar surface area (TPSA) is 82.8 Å². The molecule has 1 fully saturated rings. The Labute approximate surface area is 174 Å². The number of halogens is 1. The fourth-order valence-electron chi connectivity index (χ4n) is 3.94. The highest BCUT2D eigenvalue weighted by Crippen LogP contribution is 2.26. The van der Waals surface area contributed by atoms with Crippen molar-refractivity contribution in [2.45, 2.75) is 46.1 Å². The molecule has 2 heterocycles. The van der Waals surface area contributed by atoms with Gasteiger partial charge in [-0.05, 0) is 25.5 Å². The molecule has 0 aliphatic carbocycles. The maximum absolute atomic E-state index is 14.9. The smallest absolute Gasteiger partial charge is 0.341 e. The third-order valence-electron chi connectivity index (χ3n) is 5.69. The maximum Gasteiger partial charge on any atom is 0.341 e. The van der Waals surface area contributed by atoms with Crippen LogP contribution in [0.4, 0.5) is 10.1 Å². The lowest BCUT2D eigenvalue weighted by molar-refractivity contribution is -0.131. The van der Waals surface area contributed by atoms with E-state index < -0.39 is 17.2 Å². The molecule has 1 aliphatic heterocycles. The van der Waals surface area contributed by atoms with E-state index in [0.717, 1.165) is 25.3 Å². The highest BCUT2D eigenvalue weighted by molar-refractivity contribution is 5.93. The fourth-order valence-corrected chi connectivity index (χ4v) is 3.94. The molecule has 162 valence electrons. The second kappa shape index (κ2) is 9.28. The number of aromatic nitrogens is 1. The van der Waals surface area contributed by atoms with Crippen molar-refractivity contribution in [3.8, 4) is 0 Å². The number of carbonyl (C=O) groups excluding carboxylic acids is 1. The molecule has 1 amide bonds. The van der Waals surface area contributed by atoms with Crippen molar-refractivity contribution >= 4 is 28.5 Å². The molecular weight excluding hydrogens is 389 g/mol. The number of aryl methyl sites for hydroxylation is 1. The third kappa shape index (κ3) is 4.32. The number of hydrogen-bond donors (Lipinski definition) is 1. The van der Waals surface area contributed by atoms with Crippen molar-refractivity contribution in [3.63, 3.8) is 0 Å². The number of hydrogen-bond acceptors (Lipinski definition) is 4. The number of nitrogens with zero attached hydrogens (tertiary/aromatic N) is 3. The van der Waals surface area contributed by atoms with E-state index in [-0.39, 0.29) is 16.9 Å². The number of carboxylic acids is 1. The summed E-state index contributed by atoms with van der Waals surface area (Å²) in [5.41, 5.74) is -0.186. The average molecular weight is 417 g/mol. The van der Waals surface area contributed by atoms with Crippen LogP contribution in [-0.2, 0) is 11.3 Å². The summed E-state index contributed by atoms with van der Waals surface area (Å²) in [6.45, 7) is 6.45. The number of fused-ring (bicyclic) bond motifs is 1. The molecular formula is C22H28FN3O4. The summed E-state index contributed by atoms with van der Waals surface area (Å²) in [5.74, 6) is -1.75. The van der Waals surface area contributed by atoms with Gasteiger partial charge in [0.2, 0.25) is 11.3 Å². The zero-order valence-electron chi connectivity index (χ0n) is 17.5. The Kier molecular flexibility index (Phi) is 6.74. The Balaban J connectivity index is 1.85. The molecule has 0 bridgehead atoms. The van der Waals surface area contributed by atoms with Crippen LogP contribution in [0.2, 0.25) is 0 Å². The van der Waals surface area contributed by atoms with Gasteiger partial charge in [0.05, 0.1) is 11.2 Å². The number of pyridine rings is 1. The number of rotatable bonds is 7. The highest BCUT2D eigenvalue weighted by atomic mass is 19.1. The lowest BCUT2D eigenvalue weighted by Gasteiger charge is -2.36. The molecule has 0 atom stereocenters. The number of carbonyl (C=O) groups is 2. The molecule has 0 radical (unpaired) electrons. The summed E-state index contributed by atoms with van der Waals surface area (Å²) in [5, 5.41) is 9.32. The second-order valence-corrected chi connectivity index (χ2v) is 7.61. The summed E-state index contributed by atoms with van der Waals surface area (Å²) in [7, 11) is 0. The van der Waals surface area contributed by atoms with Gasteiger partial charge >= 0.3 is 5.97 Å². The largest absolute Gasteiger partial charge is 0.477 e. The van der Waals surface area contributed by atoms with Gasteiger partial charge in [0.1, 0.15) is 11.4 Å². The molecule has 8 heteroatoms. The van der Waals surface area contributed by atoms with Crippen LogP contribution in [0.25, 0.3) is 10.9 Å². The number of amides is 1. The van der Waals surface area contributed by atoms with Crippen LogP contribution < -0.4 is 10.3 Å². The Morgan fingerprint density at radius 1 is 1.10 bits per heavy atom. The number of anilines is 1. The van der Waals surface area contributed by atoms with Crippen LogP contribution in [0.1, 0.15) is 49.9 Å². The molecule has 2 aromatic rings. The minimum Gasteiger partial charge on any atom is -0.477 e. The van der Waals surface area contributed by atoms with Gasteiger partial charge in [-0.25, -0.2) is 9.18 Å². The minimum absolute atomic E-state index is 0.0581. The summed E-state index contributed by atoms with van der Waals surface area (Å²) < 4.78 is 16.5. The number of piperazine rings is 1. The SMILES string of the molecule is CCCCCC(=O)N1CCN(c2cc3c(cc2F)c(=O)c(C(=O)O)cn3CC)CC1. The fraction of sp³-hybridized carbons (Fsp3) is 0.500. The van der Waals surface area contributed by atoms with Crippen molar-refractivity contribution in [3.05, 3.63) is 39.9 Å². The Hall–Kier alpha value is -2.90. The van der Waals surface area contributed by atoms with E-state index in [0.29, 0.717) is 50.3 Å². The zero-order chi connectivity index (χ0) is 21.8. The van der Waals surface area contributed by atoms with Crippen LogP contribution in [-0.4, -0.2) is 52.6 Å². The number of benzene rings is 1. The summed E-state index contributed by atoms with van der Waals surface area (Å²) in [4.78, 5) is 39.9. The molecule has 1 aliphatic rings. The summed E-state index contributed by atoms with van der Waals surface area (Å²) >= 11 is 0. The van der Waals surface area contributed by atoms with Gasteiger partial charge in [0, 0.05) is 50.7 Å². The second-order valence-electron chi connectivity index (χ2n) is 7.61. The molecule has 30 heavy (non-hydrogen) atoms. The van der Waals surface area contributed by atoms with E-state index in [2.05, 4.69) is 6.92 Å².